The molecule has 0 radical (unpaired) electrons. The standard InChI is InChI=1S/C15H17N3/c1-2-3-4-5-8-12(11-16)15-17-13-9-6-7-10-14(13)18-15/h6-10H,2-5H2,1H3,(H,17,18). The Morgan fingerprint density at radius 1 is 1.39 bits per heavy atom. The number of fused-ring (bicyclic) bond motifs is 1. The zero-order chi connectivity index (χ0) is 12.8. The summed E-state index contributed by atoms with van der Waals surface area (Å²) < 4.78 is 0. The van der Waals surface area contributed by atoms with E-state index in [0.717, 1.165) is 23.9 Å². The van der Waals surface area contributed by atoms with Crippen LogP contribution in [0.5, 0.6) is 0 Å². The van der Waals surface area contributed by atoms with Gasteiger partial charge in [0.2, 0.25) is 0 Å². The first-order valence-electron chi connectivity index (χ1n) is 6.40. The molecule has 0 saturated carbocycles. The van der Waals surface area contributed by atoms with E-state index in [-0.39, 0.29) is 0 Å². The Labute approximate surface area is 107 Å². The van der Waals surface area contributed by atoms with Crippen LogP contribution in [0.2, 0.25) is 0 Å². The van der Waals surface area contributed by atoms with Crippen LogP contribution in [0.15, 0.2) is 30.3 Å². The van der Waals surface area contributed by atoms with Crippen LogP contribution in [-0.2, 0) is 0 Å². The van der Waals surface area contributed by atoms with E-state index >= 15 is 0 Å². The van der Waals surface area contributed by atoms with E-state index in [4.69, 9.17) is 0 Å². The molecule has 3 heteroatoms. The molecule has 0 aliphatic rings. The van der Waals surface area contributed by atoms with Crippen molar-refractivity contribution in [1.82, 2.24) is 9.97 Å². The maximum atomic E-state index is 9.18. The molecule has 1 heterocycles. The molecule has 92 valence electrons. The molecule has 0 spiro atoms. The predicted molar refractivity (Wildman–Crippen MR) is 73.8 cm³/mol. The molecule has 2 aromatic rings. The molecule has 0 fully saturated rings. The number of para-hydroxylation sites is 2. The van der Waals surface area contributed by atoms with E-state index in [1.165, 1.54) is 12.8 Å². The van der Waals surface area contributed by atoms with Crippen LogP contribution in [0.1, 0.15) is 38.4 Å². The average Bonchev–Trinajstić information content (AvgIpc) is 2.82. The van der Waals surface area contributed by atoms with E-state index < -0.39 is 0 Å². The van der Waals surface area contributed by atoms with Crippen molar-refractivity contribution in [2.24, 2.45) is 0 Å². The highest BCUT2D eigenvalue weighted by Crippen LogP contribution is 2.17. The van der Waals surface area contributed by atoms with Gasteiger partial charge in [-0.05, 0) is 25.0 Å². The van der Waals surface area contributed by atoms with Gasteiger partial charge >= 0.3 is 0 Å². The highest BCUT2D eigenvalue weighted by molar-refractivity contribution is 5.81. The molecule has 1 aromatic carbocycles. The summed E-state index contributed by atoms with van der Waals surface area (Å²) in [5, 5.41) is 9.18. The number of nitriles is 1. The zero-order valence-electron chi connectivity index (χ0n) is 10.6. The largest absolute Gasteiger partial charge is 0.337 e. The van der Waals surface area contributed by atoms with Gasteiger partial charge < -0.3 is 4.98 Å². The summed E-state index contributed by atoms with van der Waals surface area (Å²) in [5.41, 5.74) is 2.52. The van der Waals surface area contributed by atoms with Crippen molar-refractivity contribution in [3.8, 4) is 6.07 Å². The first-order valence-corrected chi connectivity index (χ1v) is 6.40. The van der Waals surface area contributed by atoms with Crippen LogP contribution in [0.4, 0.5) is 0 Å². The molecule has 0 aliphatic heterocycles. The lowest BCUT2D eigenvalue weighted by atomic mass is 10.1. The maximum Gasteiger partial charge on any atom is 0.148 e. The van der Waals surface area contributed by atoms with Crippen LogP contribution in [-0.4, -0.2) is 9.97 Å². The average molecular weight is 239 g/mol. The van der Waals surface area contributed by atoms with Crippen LogP contribution < -0.4 is 0 Å². The SMILES string of the molecule is CCCCCC=C(C#N)c1nc2ccccc2[nH]1. The third-order valence-corrected chi connectivity index (χ3v) is 2.92. The number of nitrogens with one attached hydrogen (secondary N) is 1. The van der Waals surface area contributed by atoms with Gasteiger partial charge in [-0.25, -0.2) is 4.98 Å². The van der Waals surface area contributed by atoms with E-state index in [0.29, 0.717) is 11.4 Å². The topological polar surface area (TPSA) is 52.5 Å². The quantitative estimate of drug-likeness (QED) is 0.632. The number of imidazole rings is 1. The van der Waals surface area contributed by atoms with Crippen molar-refractivity contribution in [3.05, 3.63) is 36.2 Å². The fraction of sp³-hybridized carbons (Fsp3) is 0.333. The van der Waals surface area contributed by atoms with Gasteiger partial charge in [-0.1, -0.05) is 38.0 Å². The molecule has 0 aliphatic carbocycles. The summed E-state index contributed by atoms with van der Waals surface area (Å²) in [6.07, 6.45) is 6.44. The molecule has 2 rings (SSSR count). The van der Waals surface area contributed by atoms with E-state index in [1.807, 2.05) is 30.3 Å². The van der Waals surface area contributed by atoms with Gasteiger partial charge in [0, 0.05) is 0 Å². The third-order valence-electron chi connectivity index (χ3n) is 2.92. The Balaban J connectivity index is 2.19. The van der Waals surface area contributed by atoms with Gasteiger partial charge in [-0.2, -0.15) is 5.26 Å². The first kappa shape index (κ1) is 12.4. The lowest BCUT2D eigenvalue weighted by Crippen LogP contribution is -1.85. The minimum absolute atomic E-state index is 0.641. The lowest BCUT2D eigenvalue weighted by molar-refractivity contribution is 0.729. The number of hydrogen-bond acceptors (Lipinski definition) is 2. The Morgan fingerprint density at radius 2 is 2.22 bits per heavy atom. The molecule has 0 amide bonds. The number of aromatic nitrogens is 2. The molecular formula is C15H17N3. The molecule has 0 atom stereocenters. The third kappa shape index (κ3) is 2.78. The van der Waals surface area contributed by atoms with Crippen molar-refractivity contribution in [1.29, 1.82) is 5.26 Å². The smallest absolute Gasteiger partial charge is 0.148 e. The summed E-state index contributed by atoms with van der Waals surface area (Å²) >= 11 is 0. The van der Waals surface area contributed by atoms with Gasteiger partial charge in [-0.15, -0.1) is 0 Å². The van der Waals surface area contributed by atoms with Crippen LogP contribution in [0.3, 0.4) is 0 Å². The fourth-order valence-electron chi connectivity index (χ4n) is 1.92. The van der Waals surface area contributed by atoms with Gasteiger partial charge in [0.15, 0.2) is 0 Å². The van der Waals surface area contributed by atoms with E-state index in [1.54, 1.807) is 0 Å². The number of H-pyrrole nitrogens is 1. The number of aromatic amines is 1. The lowest BCUT2D eigenvalue weighted by Gasteiger charge is -1.94. The second-order valence-corrected chi connectivity index (χ2v) is 4.33. The molecular weight excluding hydrogens is 222 g/mol. The van der Waals surface area contributed by atoms with Crippen LogP contribution in [0.25, 0.3) is 16.6 Å². The second-order valence-electron chi connectivity index (χ2n) is 4.33. The number of allylic oxidation sites excluding steroid dienone is 2. The Hall–Kier alpha value is -2.08. The van der Waals surface area contributed by atoms with Crippen molar-refractivity contribution in [2.45, 2.75) is 32.6 Å². The van der Waals surface area contributed by atoms with E-state index in [2.05, 4.69) is 23.0 Å². The Bertz CT molecular complexity index is 554. The van der Waals surface area contributed by atoms with Gasteiger partial charge in [0.1, 0.15) is 11.9 Å². The van der Waals surface area contributed by atoms with Gasteiger partial charge in [0.05, 0.1) is 16.6 Å². The number of nitrogens with zero attached hydrogens (tertiary/aromatic N) is 2. The maximum absolute atomic E-state index is 9.18. The van der Waals surface area contributed by atoms with Crippen LogP contribution >= 0.6 is 0 Å². The van der Waals surface area contributed by atoms with Gasteiger partial charge in [-0.3, -0.25) is 0 Å². The summed E-state index contributed by atoms with van der Waals surface area (Å²) in [4.78, 5) is 7.62. The van der Waals surface area contributed by atoms with Crippen molar-refractivity contribution >= 4 is 16.6 Å². The highest BCUT2D eigenvalue weighted by Gasteiger charge is 2.06. The minimum atomic E-state index is 0.641. The van der Waals surface area contributed by atoms with Gasteiger partial charge in [0.25, 0.3) is 0 Å². The fourth-order valence-corrected chi connectivity index (χ4v) is 1.92. The predicted octanol–water partition coefficient (Wildman–Crippen LogP) is 4.05. The number of hydrogen-bond donors (Lipinski definition) is 1. The Morgan fingerprint density at radius 3 is 2.94 bits per heavy atom. The summed E-state index contributed by atoms with van der Waals surface area (Å²) in [6, 6.07) is 10.0. The summed E-state index contributed by atoms with van der Waals surface area (Å²) in [7, 11) is 0. The highest BCUT2D eigenvalue weighted by atomic mass is 14.9. The number of benzene rings is 1. The molecule has 0 bridgehead atoms. The molecule has 0 unspecified atom stereocenters. The van der Waals surface area contributed by atoms with Crippen molar-refractivity contribution in [3.63, 3.8) is 0 Å². The van der Waals surface area contributed by atoms with E-state index in [9.17, 15) is 5.26 Å². The summed E-state index contributed by atoms with van der Waals surface area (Å²) in [6.45, 7) is 2.17. The van der Waals surface area contributed by atoms with Crippen molar-refractivity contribution in [2.75, 3.05) is 0 Å². The number of unbranched alkanes of at least 4 members (excludes halogenated alkanes) is 3. The second kappa shape index (κ2) is 6.02. The summed E-state index contributed by atoms with van der Waals surface area (Å²) in [5.74, 6) is 0.676. The molecule has 1 N–H and O–H groups in total. The Kier molecular flexibility index (Phi) is 4.14. The zero-order valence-corrected chi connectivity index (χ0v) is 10.6. The molecule has 3 nitrogen and oxygen atoms in total. The molecule has 18 heavy (non-hydrogen) atoms. The number of rotatable bonds is 5. The first-order chi connectivity index (χ1) is 8.85. The van der Waals surface area contributed by atoms with Crippen molar-refractivity contribution < 1.29 is 0 Å². The normalized spacial score (nSPS) is 11.7. The molecule has 1 aromatic heterocycles. The minimum Gasteiger partial charge on any atom is -0.337 e. The monoisotopic (exact) mass is 239 g/mol. The molecule has 0 saturated heterocycles. The van der Waals surface area contributed by atoms with Crippen LogP contribution in [0, 0.1) is 11.3 Å².